The first-order chi connectivity index (χ1) is 54.4. The minimum atomic E-state index is -3.17. The van der Waals surface area contributed by atoms with E-state index in [4.69, 9.17) is 40.2 Å². The zero-order chi connectivity index (χ0) is 83.5. The van der Waals surface area contributed by atoms with Gasteiger partial charge >= 0.3 is 0 Å². The third kappa shape index (κ3) is 97.1. The van der Waals surface area contributed by atoms with Crippen LogP contribution in [0.5, 0.6) is 0 Å². The Morgan fingerprint density at radius 1 is 0.152 bits per heavy atom. The molecule has 0 N–H and O–H groups in total. The maximum Gasteiger partial charge on any atom is 0.168 e. The van der Waals surface area contributed by atoms with Crippen LogP contribution in [0.1, 0.15) is 261 Å². The largest absolute Gasteiger partial charge is 0.867 e. The molecule has 16 nitrogen and oxygen atoms in total. The molecule has 8 rings (SSSR count). The molecule has 0 aliphatic carbocycles. The van der Waals surface area contributed by atoms with Crippen molar-refractivity contribution in [3.63, 3.8) is 0 Å². The molecule has 0 saturated heterocycles. The Morgan fingerprint density at radius 3 is 0.304 bits per heavy atom. The van der Waals surface area contributed by atoms with Gasteiger partial charge in [0.1, 0.15) is 81.9 Å². The van der Waals surface area contributed by atoms with Crippen molar-refractivity contribution in [2.75, 3.05) is 0 Å². The molecule has 0 aliphatic rings. The number of hydrogen-bond donors (Lipinski definition) is 0. The Balaban J connectivity index is -0.000000578. The summed E-state index contributed by atoms with van der Waals surface area (Å²) in [5.41, 5.74) is 0. The SMILES string of the molecule is CCCCCC[n+]1ccccc1.CCCCCC[n+]1ccccc1.CCCCCC[n+]1ccccc1.CCCCCC[n+]1ccccc1.CCCCCC[n+]1ccccc1.CCCCCC[n+]1ccccc1.CCCCCC[n+]1ccccc1.CCCCCC[n+]1ccccc1.[O-]B([O-])F.[O-]B([O-])F.[O-]B([O-])F.[O-]B([O-])F. The molecule has 24 heteroatoms. The van der Waals surface area contributed by atoms with Crippen molar-refractivity contribution in [2.24, 2.45) is 0 Å². The van der Waals surface area contributed by atoms with E-state index in [1.165, 1.54) is 258 Å². The van der Waals surface area contributed by atoms with E-state index < -0.39 is 29.6 Å². The average Bonchev–Trinajstić information content (AvgIpc) is 1.04. The normalized spacial score (nSPS) is 9.61. The molecule has 8 aromatic heterocycles. The lowest BCUT2D eigenvalue weighted by Crippen LogP contribution is -2.39. The van der Waals surface area contributed by atoms with Gasteiger partial charge in [-0.05, 0) is 51.4 Å². The number of hydrogen-bond acceptors (Lipinski definition) is 8. The number of aromatic nitrogens is 8. The van der Waals surface area contributed by atoms with E-state index >= 15 is 0 Å². The number of aryl methyl sites for hydroxylation is 8. The van der Waals surface area contributed by atoms with Crippen molar-refractivity contribution in [1.29, 1.82) is 0 Å². The third-order valence-corrected chi connectivity index (χ3v) is 16.4. The van der Waals surface area contributed by atoms with Crippen LogP contribution in [0.15, 0.2) is 245 Å². The molecular weight excluding hydrogens is 1420 g/mol. The highest BCUT2D eigenvalue weighted by Gasteiger charge is 2.03. The van der Waals surface area contributed by atoms with Crippen molar-refractivity contribution < 1.29 is 94.0 Å². The predicted molar refractivity (Wildman–Crippen MR) is 434 cm³/mol. The van der Waals surface area contributed by atoms with Crippen LogP contribution in [0.25, 0.3) is 0 Å². The Morgan fingerprint density at radius 2 is 0.232 bits per heavy atom. The second-order valence-corrected chi connectivity index (χ2v) is 26.5. The van der Waals surface area contributed by atoms with Crippen molar-refractivity contribution in [3.05, 3.63) is 245 Å². The molecule has 0 aromatic carbocycles. The van der Waals surface area contributed by atoms with Crippen LogP contribution in [0.2, 0.25) is 0 Å². The van der Waals surface area contributed by atoms with Crippen molar-refractivity contribution in [3.8, 4) is 0 Å². The molecule has 624 valence electrons. The molecule has 0 unspecified atom stereocenters. The van der Waals surface area contributed by atoms with Gasteiger partial charge in [0, 0.05) is 148 Å². The molecule has 112 heavy (non-hydrogen) atoms. The quantitative estimate of drug-likeness (QED) is 0.0155. The standard InChI is InChI=1S/8C11H18N.4BFO2/c8*1-2-3-4-6-9-12-10-7-5-8-11-12;4*2-1(3)4/h8*5,7-8,10-11H,2-4,6,9H2,1H3;;;;/q8*+1;4*-2. The number of unbranched alkanes of at least 4 members (excludes halogenated alkanes) is 24. The van der Waals surface area contributed by atoms with E-state index in [2.05, 4.69) is 337 Å². The third-order valence-electron chi connectivity index (χ3n) is 16.4. The highest BCUT2D eigenvalue weighted by atomic mass is 19.1. The van der Waals surface area contributed by atoms with Crippen LogP contribution >= 0.6 is 0 Å². The highest BCUT2D eigenvalue weighted by molar-refractivity contribution is 6.27. The molecule has 0 saturated carbocycles. The van der Waals surface area contributed by atoms with Crippen LogP contribution in [0.3, 0.4) is 0 Å². The monoisotopic (exact) mass is 1560 g/mol. The minimum Gasteiger partial charge on any atom is -0.867 e. The van der Waals surface area contributed by atoms with Crippen LogP contribution in [0, 0.1) is 0 Å². The van der Waals surface area contributed by atoms with Gasteiger partial charge in [0.25, 0.3) is 0 Å². The Hall–Kier alpha value is -7.14. The number of pyridine rings is 8. The van der Waals surface area contributed by atoms with Gasteiger partial charge in [-0.25, -0.2) is 36.5 Å². The fourth-order valence-corrected chi connectivity index (χ4v) is 10.4. The van der Waals surface area contributed by atoms with Crippen LogP contribution in [-0.2, 0) is 52.4 Å². The van der Waals surface area contributed by atoms with Gasteiger partial charge in [0.05, 0.1) is 0 Å². The van der Waals surface area contributed by atoms with Crippen LogP contribution in [0.4, 0.5) is 17.3 Å². The lowest BCUT2D eigenvalue weighted by Gasteiger charge is -2.09. The van der Waals surface area contributed by atoms with Gasteiger partial charge in [0.2, 0.25) is 0 Å². The van der Waals surface area contributed by atoms with E-state index in [9.17, 15) is 17.3 Å². The Kier molecular flexibility index (Phi) is 92.1. The summed E-state index contributed by atoms with van der Waals surface area (Å²) in [5.74, 6) is 0. The molecule has 0 atom stereocenters. The molecule has 8 aromatic rings. The first-order valence-corrected chi connectivity index (χ1v) is 41.7. The topological polar surface area (TPSA) is 216 Å². The van der Waals surface area contributed by atoms with E-state index in [-0.39, 0.29) is 0 Å². The van der Waals surface area contributed by atoms with E-state index in [0.29, 0.717) is 0 Å². The predicted octanol–water partition coefficient (Wildman–Crippen LogP) is 11.1. The van der Waals surface area contributed by atoms with E-state index in [1.54, 1.807) is 0 Å². The van der Waals surface area contributed by atoms with Gasteiger partial charge in [-0.3, -0.25) is 0 Å². The van der Waals surface area contributed by atoms with Crippen molar-refractivity contribution in [1.82, 2.24) is 0 Å². The number of halogens is 4. The minimum absolute atomic E-state index is 1.17. The summed E-state index contributed by atoms with van der Waals surface area (Å²) >= 11 is 0. The molecule has 0 fully saturated rings. The summed E-state index contributed by atoms with van der Waals surface area (Å²) in [6, 6.07) is 49.8. The number of nitrogens with zero attached hydrogens (tertiary/aromatic N) is 8. The zero-order valence-corrected chi connectivity index (χ0v) is 70.0. The van der Waals surface area contributed by atoms with Crippen LogP contribution < -0.4 is 76.7 Å². The van der Waals surface area contributed by atoms with Gasteiger partial charge in [-0.1, -0.05) is 207 Å². The lowest BCUT2D eigenvalue weighted by atomic mass is 10.2. The lowest BCUT2D eigenvalue weighted by molar-refractivity contribution is -0.697. The molecular formula is C88H144B4F4N8O8. The maximum atomic E-state index is 9.89. The van der Waals surface area contributed by atoms with Gasteiger partial charge in [-0.15, -0.1) is 0 Å². The Labute approximate surface area is 678 Å². The van der Waals surface area contributed by atoms with Crippen molar-refractivity contribution in [2.45, 2.75) is 313 Å². The molecule has 8 heterocycles. The molecule has 0 radical (unpaired) electrons. The number of rotatable bonds is 40. The maximum absolute atomic E-state index is 9.89. The van der Waals surface area contributed by atoms with E-state index in [1.807, 2.05) is 0 Å². The first-order valence-electron chi connectivity index (χ1n) is 41.7. The van der Waals surface area contributed by atoms with Crippen LogP contribution in [-0.4, -0.2) is 29.6 Å². The average molecular weight is 1560 g/mol. The molecule has 0 aliphatic heterocycles. The summed E-state index contributed by atoms with van der Waals surface area (Å²) in [6.07, 6.45) is 76.9. The fourth-order valence-electron chi connectivity index (χ4n) is 10.4. The fraction of sp³-hybridized carbons (Fsp3) is 0.545. The van der Waals surface area contributed by atoms with Crippen molar-refractivity contribution >= 4 is 29.6 Å². The highest BCUT2D eigenvalue weighted by Crippen LogP contribution is 2.04. The summed E-state index contributed by atoms with van der Waals surface area (Å²) in [5, 5.41) is 66.4. The van der Waals surface area contributed by atoms with Gasteiger partial charge < -0.3 is 57.5 Å². The van der Waals surface area contributed by atoms with Gasteiger partial charge in [0.15, 0.2) is 99.1 Å². The second kappa shape index (κ2) is 92.7. The zero-order valence-electron chi connectivity index (χ0n) is 70.0. The summed E-state index contributed by atoms with van der Waals surface area (Å²) in [6.45, 7) is 27.3. The first kappa shape index (κ1) is 111. The second-order valence-electron chi connectivity index (χ2n) is 26.5. The Bertz CT molecular complexity index is 2380. The van der Waals surface area contributed by atoms with Gasteiger partial charge in [-0.2, -0.15) is 0 Å². The molecule has 0 amide bonds. The molecule has 0 bridgehead atoms. The molecule has 0 spiro atoms. The summed E-state index contributed by atoms with van der Waals surface area (Å²) in [4.78, 5) is 0. The van der Waals surface area contributed by atoms with E-state index in [0.717, 1.165) is 0 Å². The smallest absolute Gasteiger partial charge is 0.168 e. The summed E-state index contributed by atoms with van der Waals surface area (Å²) in [7, 11) is -12.7. The summed E-state index contributed by atoms with van der Waals surface area (Å²) < 4.78 is 57.5.